The third-order valence-corrected chi connectivity index (χ3v) is 11.5. The molecule has 4 aliphatic rings. The first-order valence-electron chi connectivity index (χ1n) is 15.3. The third kappa shape index (κ3) is 5.08. The number of fused-ring (bicyclic) bond motifs is 1. The third-order valence-electron chi connectivity index (χ3n) is 9.67. The fraction of sp³-hybridized carbons (Fsp3) is 0.406. The van der Waals surface area contributed by atoms with Crippen LogP contribution in [0.2, 0.25) is 0 Å². The van der Waals surface area contributed by atoms with Crippen LogP contribution in [0.25, 0.3) is 16.8 Å². The molecule has 45 heavy (non-hydrogen) atoms. The van der Waals surface area contributed by atoms with E-state index < -0.39 is 15.4 Å². The van der Waals surface area contributed by atoms with Crippen LogP contribution in [0.1, 0.15) is 47.2 Å². The number of urea groups is 1. The first kappa shape index (κ1) is 28.0. The molecule has 8 rings (SSSR count). The number of hydrogen-bond donors (Lipinski definition) is 1. The molecule has 1 aliphatic carbocycles. The van der Waals surface area contributed by atoms with Crippen LogP contribution in [0.5, 0.6) is 0 Å². The fourth-order valence-electron chi connectivity index (χ4n) is 7.05. The first-order chi connectivity index (χ1) is 21.7. The summed E-state index contributed by atoms with van der Waals surface area (Å²) in [6.07, 6.45) is 5.47. The van der Waals surface area contributed by atoms with Crippen LogP contribution < -0.4 is 5.32 Å². The average molecular weight is 628 g/mol. The van der Waals surface area contributed by atoms with Crippen LogP contribution >= 0.6 is 0 Å². The van der Waals surface area contributed by atoms with Crippen molar-refractivity contribution in [2.45, 2.75) is 50.7 Å². The van der Waals surface area contributed by atoms with Gasteiger partial charge in [0.1, 0.15) is 0 Å². The Labute approximate surface area is 260 Å². The quantitative estimate of drug-likeness (QED) is 0.322. The van der Waals surface area contributed by atoms with Gasteiger partial charge >= 0.3 is 6.03 Å². The minimum absolute atomic E-state index is 0.0511. The molecule has 5 heterocycles. The Balaban J connectivity index is 1.06. The number of sulfone groups is 1. The highest BCUT2D eigenvalue weighted by atomic mass is 32.2. The zero-order valence-corrected chi connectivity index (χ0v) is 25.7. The Morgan fingerprint density at radius 2 is 2.04 bits per heavy atom. The van der Waals surface area contributed by atoms with Gasteiger partial charge in [-0.05, 0) is 72.2 Å². The van der Waals surface area contributed by atoms with Crippen LogP contribution in [0, 0.1) is 12.8 Å². The van der Waals surface area contributed by atoms with Gasteiger partial charge in [0.25, 0.3) is 0 Å². The minimum Gasteiger partial charge on any atom is -0.352 e. The molecule has 4 aromatic rings. The van der Waals surface area contributed by atoms with Gasteiger partial charge in [0, 0.05) is 38.6 Å². The molecule has 2 aromatic carbocycles. The standard InChI is InChI=1S/C32H33N7O5S/c1-20-35-30(44-36-20)27-15-26(27)29(40)33-16-22-6-7-24(21-4-2-5-23(14-21)39-11-3-10-34-39)25-8-12-37(17-28(22)25)31(41)38-18-32(38)9-13-45(42,43)19-32/h2-7,10-11,14,26-27H,8-9,12-13,15-19H2,1H3,(H,33,40)/t26?,27?,32-,38?/m1/s1. The van der Waals surface area contributed by atoms with E-state index in [1.54, 1.807) is 18.0 Å². The summed E-state index contributed by atoms with van der Waals surface area (Å²) < 4.78 is 31.5. The summed E-state index contributed by atoms with van der Waals surface area (Å²) in [7, 11) is -3.11. The smallest absolute Gasteiger partial charge is 0.320 e. The molecule has 0 radical (unpaired) electrons. The number of amides is 3. The van der Waals surface area contributed by atoms with Crippen LogP contribution in [-0.4, -0.2) is 80.2 Å². The van der Waals surface area contributed by atoms with Crippen LogP contribution in [-0.2, 0) is 34.1 Å². The minimum atomic E-state index is -3.11. The summed E-state index contributed by atoms with van der Waals surface area (Å²) in [6.45, 7) is 3.49. The number of nitrogens with zero attached hydrogens (tertiary/aromatic N) is 6. The summed E-state index contributed by atoms with van der Waals surface area (Å²) >= 11 is 0. The van der Waals surface area contributed by atoms with Gasteiger partial charge in [-0.3, -0.25) is 4.79 Å². The molecule has 12 nitrogen and oxygen atoms in total. The molecule has 13 heteroatoms. The molecule has 1 spiro atoms. The summed E-state index contributed by atoms with van der Waals surface area (Å²) in [6, 6.07) is 14.1. The second-order valence-corrected chi connectivity index (χ2v) is 14.9. The maximum Gasteiger partial charge on any atom is 0.320 e. The molecule has 3 atom stereocenters. The molecular formula is C32H33N7O5S. The Hall–Kier alpha value is -4.52. The van der Waals surface area contributed by atoms with E-state index in [2.05, 4.69) is 38.8 Å². The average Bonchev–Trinajstić information content (AvgIpc) is 3.76. The molecule has 2 unspecified atom stereocenters. The highest BCUT2D eigenvalue weighted by Crippen LogP contribution is 2.47. The van der Waals surface area contributed by atoms with E-state index in [0.29, 0.717) is 57.2 Å². The Morgan fingerprint density at radius 3 is 2.80 bits per heavy atom. The van der Waals surface area contributed by atoms with Gasteiger partial charge in [0.05, 0.1) is 34.6 Å². The first-order valence-corrected chi connectivity index (χ1v) is 17.1. The normalized spacial score (nSPS) is 24.5. The van der Waals surface area contributed by atoms with Gasteiger partial charge in [-0.15, -0.1) is 0 Å². The van der Waals surface area contributed by atoms with Crippen molar-refractivity contribution < 1.29 is 22.5 Å². The van der Waals surface area contributed by atoms with Gasteiger partial charge in [-0.1, -0.05) is 29.4 Å². The highest BCUT2D eigenvalue weighted by molar-refractivity contribution is 7.91. The predicted octanol–water partition coefficient (Wildman–Crippen LogP) is 3.00. The summed E-state index contributed by atoms with van der Waals surface area (Å²) in [4.78, 5) is 34.6. The molecular weight excluding hydrogens is 594 g/mol. The lowest BCUT2D eigenvalue weighted by molar-refractivity contribution is -0.122. The zero-order chi connectivity index (χ0) is 30.9. The van der Waals surface area contributed by atoms with Crippen LogP contribution in [0.3, 0.4) is 0 Å². The van der Waals surface area contributed by atoms with Crippen LogP contribution in [0.4, 0.5) is 4.79 Å². The molecule has 3 amide bonds. The number of carbonyl (C=O) groups excluding carboxylic acids is 2. The highest BCUT2D eigenvalue weighted by Gasteiger charge is 2.61. The topological polar surface area (TPSA) is 143 Å². The Kier molecular flexibility index (Phi) is 6.38. The van der Waals surface area contributed by atoms with Crippen molar-refractivity contribution in [3.8, 4) is 16.8 Å². The Bertz CT molecular complexity index is 1940. The lowest BCUT2D eigenvalue weighted by Crippen LogP contribution is -2.42. The summed E-state index contributed by atoms with van der Waals surface area (Å²) in [5, 5.41) is 11.3. The van der Waals surface area contributed by atoms with Crippen molar-refractivity contribution in [3.63, 3.8) is 0 Å². The molecule has 2 saturated heterocycles. The summed E-state index contributed by atoms with van der Waals surface area (Å²) in [5.74, 6) is 0.927. The molecule has 3 aliphatic heterocycles. The Morgan fingerprint density at radius 1 is 1.16 bits per heavy atom. The fourth-order valence-corrected chi connectivity index (χ4v) is 9.09. The molecule has 2 aromatic heterocycles. The predicted molar refractivity (Wildman–Crippen MR) is 163 cm³/mol. The zero-order valence-electron chi connectivity index (χ0n) is 24.8. The van der Waals surface area contributed by atoms with Gasteiger partial charge in [-0.25, -0.2) is 17.9 Å². The second kappa shape index (κ2) is 10.3. The molecule has 232 valence electrons. The van der Waals surface area contributed by atoms with E-state index in [1.165, 1.54) is 0 Å². The van der Waals surface area contributed by atoms with E-state index in [9.17, 15) is 18.0 Å². The van der Waals surface area contributed by atoms with Gasteiger partial charge < -0.3 is 19.6 Å². The van der Waals surface area contributed by atoms with E-state index >= 15 is 0 Å². The SMILES string of the molecule is Cc1noc(C2CC2C(=O)NCc2ccc(-c3cccc(-n4cccn4)c3)c3c2CN(C(=O)N2C[C@@]24CCS(=O)(=O)C4)CC3)n1. The number of hydrogen-bond acceptors (Lipinski definition) is 8. The van der Waals surface area contributed by atoms with E-state index in [4.69, 9.17) is 4.52 Å². The van der Waals surface area contributed by atoms with Gasteiger partial charge in [0.15, 0.2) is 15.7 Å². The van der Waals surface area contributed by atoms with Gasteiger partial charge in [0.2, 0.25) is 11.8 Å². The maximum absolute atomic E-state index is 13.7. The lowest BCUT2D eigenvalue weighted by Gasteiger charge is -2.33. The van der Waals surface area contributed by atoms with Gasteiger partial charge in [-0.2, -0.15) is 10.1 Å². The number of aryl methyl sites for hydroxylation is 1. The largest absolute Gasteiger partial charge is 0.352 e. The lowest BCUT2D eigenvalue weighted by atomic mass is 9.87. The van der Waals surface area contributed by atoms with Crippen molar-refractivity contribution >= 4 is 21.8 Å². The van der Waals surface area contributed by atoms with Crippen molar-refractivity contribution in [2.75, 3.05) is 24.6 Å². The maximum atomic E-state index is 13.7. The van der Waals surface area contributed by atoms with E-state index in [0.717, 1.165) is 33.5 Å². The molecule has 0 bridgehead atoms. The summed E-state index contributed by atoms with van der Waals surface area (Å²) in [5.41, 5.74) is 5.66. The van der Waals surface area contributed by atoms with Crippen molar-refractivity contribution in [1.29, 1.82) is 0 Å². The van der Waals surface area contributed by atoms with Crippen molar-refractivity contribution in [2.24, 2.45) is 5.92 Å². The number of benzene rings is 2. The van der Waals surface area contributed by atoms with E-state index in [-0.39, 0.29) is 35.3 Å². The monoisotopic (exact) mass is 627 g/mol. The van der Waals surface area contributed by atoms with Crippen molar-refractivity contribution in [3.05, 3.63) is 83.3 Å². The molecule has 3 fully saturated rings. The molecule has 1 saturated carbocycles. The molecule has 1 N–H and O–H groups in total. The number of nitrogens with one attached hydrogen (secondary N) is 1. The number of rotatable bonds is 6. The van der Waals surface area contributed by atoms with E-state index in [1.807, 2.05) is 40.0 Å². The number of aromatic nitrogens is 4. The van der Waals surface area contributed by atoms with Crippen LogP contribution in [0.15, 0.2) is 59.4 Å². The second-order valence-electron chi connectivity index (χ2n) is 12.7. The van der Waals surface area contributed by atoms with Crippen molar-refractivity contribution in [1.82, 2.24) is 35.0 Å². The number of carbonyl (C=O) groups is 2.